The monoisotopic (exact) mass is 187 g/mol. The molecule has 5 nitrogen and oxygen atoms in total. The highest BCUT2D eigenvalue weighted by Gasteiger charge is 2.27. The molecular weight excluding hydrogens is 166 g/mol. The van der Waals surface area contributed by atoms with Crippen molar-refractivity contribution in [3.63, 3.8) is 0 Å². The van der Waals surface area contributed by atoms with E-state index >= 15 is 0 Å². The Bertz CT molecular complexity index is 147. The van der Waals surface area contributed by atoms with Gasteiger partial charge in [0, 0.05) is 32.7 Å². The molecule has 1 heterocycles. The molecule has 1 aliphatic heterocycles. The second-order valence-electron chi connectivity index (χ2n) is 3.65. The summed E-state index contributed by atoms with van der Waals surface area (Å²) in [4.78, 5) is 0. The molecule has 0 atom stereocenters. The highest BCUT2D eigenvalue weighted by atomic mass is 15.7. The fourth-order valence-electron chi connectivity index (χ4n) is 1.74. The van der Waals surface area contributed by atoms with Crippen molar-refractivity contribution in [2.24, 2.45) is 11.5 Å². The summed E-state index contributed by atoms with van der Waals surface area (Å²) < 4.78 is 0. The van der Waals surface area contributed by atoms with Crippen LogP contribution >= 0.6 is 0 Å². The molecule has 13 heavy (non-hydrogen) atoms. The molecule has 0 aromatic heterocycles. The molecule has 0 aromatic rings. The van der Waals surface area contributed by atoms with Gasteiger partial charge in [0.25, 0.3) is 0 Å². The van der Waals surface area contributed by atoms with Crippen LogP contribution in [0.1, 0.15) is 13.8 Å². The third kappa shape index (κ3) is 2.89. The van der Waals surface area contributed by atoms with Gasteiger partial charge in [0.15, 0.2) is 0 Å². The van der Waals surface area contributed by atoms with E-state index in [1.54, 1.807) is 0 Å². The minimum absolute atomic E-state index is 0.744. The van der Waals surface area contributed by atoms with Crippen molar-refractivity contribution in [1.29, 1.82) is 0 Å². The Morgan fingerprint density at radius 1 is 1.38 bits per heavy atom. The van der Waals surface area contributed by atoms with Gasteiger partial charge >= 0.3 is 0 Å². The van der Waals surface area contributed by atoms with Crippen LogP contribution < -0.4 is 16.8 Å². The molecule has 1 rings (SSSR count). The molecule has 5 heteroatoms. The molecule has 0 unspecified atom stereocenters. The van der Waals surface area contributed by atoms with E-state index in [2.05, 4.69) is 17.2 Å². The summed E-state index contributed by atoms with van der Waals surface area (Å²) in [6.45, 7) is 8.73. The fraction of sp³-hybridized carbons (Fsp3) is 1.00. The first-order valence-electron chi connectivity index (χ1n) is 4.86. The Hall–Kier alpha value is -0.200. The Labute approximate surface area is 80.0 Å². The van der Waals surface area contributed by atoms with Crippen LogP contribution in [-0.4, -0.2) is 48.5 Å². The van der Waals surface area contributed by atoms with E-state index < -0.39 is 5.79 Å². The van der Waals surface area contributed by atoms with Crippen molar-refractivity contribution >= 4 is 0 Å². The van der Waals surface area contributed by atoms with Crippen molar-refractivity contribution < 1.29 is 0 Å². The average Bonchev–Trinajstić information content (AvgIpc) is 2.05. The summed E-state index contributed by atoms with van der Waals surface area (Å²) in [5.74, 6) is -0.744. The molecule has 78 valence electrons. The minimum atomic E-state index is -0.744. The lowest BCUT2D eigenvalue weighted by Crippen LogP contribution is -2.68. The summed E-state index contributed by atoms with van der Waals surface area (Å²) in [7, 11) is 0. The zero-order valence-electron chi connectivity index (χ0n) is 8.58. The van der Waals surface area contributed by atoms with Crippen LogP contribution in [0.4, 0.5) is 0 Å². The first-order chi connectivity index (χ1) is 6.05. The topological polar surface area (TPSA) is 70.5 Å². The minimum Gasteiger partial charge on any atom is -0.314 e. The van der Waals surface area contributed by atoms with Gasteiger partial charge in [0.1, 0.15) is 5.79 Å². The molecule has 0 aliphatic carbocycles. The SMILES string of the molecule is CCN(N1CCNCC1)C(C)(N)N. The Balaban J connectivity index is 2.54. The van der Waals surface area contributed by atoms with E-state index in [-0.39, 0.29) is 0 Å². The third-order valence-corrected chi connectivity index (χ3v) is 2.29. The number of rotatable bonds is 3. The van der Waals surface area contributed by atoms with Crippen LogP contribution in [0.2, 0.25) is 0 Å². The number of nitrogens with zero attached hydrogens (tertiary/aromatic N) is 2. The van der Waals surface area contributed by atoms with E-state index in [1.165, 1.54) is 0 Å². The van der Waals surface area contributed by atoms with Crippen LogP contribution in [0.15, 0.2) is 0 Å². The number of piperazine rings is 1. The van der Waals surface area contributed by atoms with Crippen LogP contribution in [0, 0.1) is 0 Å². The predicted molar refractivity (Wildman–Crippen MR) is 53.6 cm³/mol. The van der Waals surface area contributed by atoms with Crippen molar-refractivity contribution in [2.75, 3.05) is 32.7 Å². The van der Waals surface area contributed by atoms with Gasteiger partial charge in [-0.05, 0) is 6.92 Å². The van der Waals surface area contributed by atoms with Crippen molar-refractivity contribution in [2.45, 2.75) is 19.6 Å². The molecule has 1 saturated heterocycles. The Kier molecular flexibility index (Phi) is 3.63. The molecule has 0 radical (unpaired) electrons. The lowest BCUT2D eigenvalue weighted by molar-refractivity contribution is -0.102. The predicted octanol–water partition coefficient (Wildman–Crippen LogP) is -1.28. The van der Waals surface area contributed by atoms with E-state index in [1.807, 2.05) is 11.9 Å². The highest BCUT2D eigenvalue weighted by molar-refractivity contribution is 4.74. The van der Waals surface area contributed by atoms with Crippen molar-refractivity contribution in [3.05, 3.63) is 0 Å². The highest BCUT2D eigenvalue weighted by Crippen LogP contribution is 2.06. The zero-order chi connectivity index (χ0) is 9.90. The third-order valence-electron chi connectivity index (χ3n) is 2.29. The number of nitrogens with two attached hydrogens (primary N) is 2. The number of nitrogens with one attached hydrogen (secondary N) is 1. The Morgan fingerprint density at radius 2 is 1.92 bits per heavy atom. The maximum Gasteiger partial charge on any atom is 0.130 e. The van der Waals surface area contributed by atoms with Gasteiger partial charge in [0.05, 0.1) is 0 Å². The molecule has 1 aliphatic rings. The molecule has 0 amide bonds. The number of hydrogen-bond donors (Lipinski definition) is 3. The second kappa shape index (κ2) is 4.34. The normalized spacial score (nSPS) is 21.0. The van der Waals surface area contributed by atoms with E-state index in [0.29, 0.717) is 0 Å². The van der Waals surface area contributed by atoms with Gasteiger partial charge in [-0.3, -0.25) is 0 Å². The first-order valence-corrected chi connectivity index (χ1v) is 4.86. The van der Waals surface area contributed by atoms with Gasteiger partial charge in [-0.15, -0.1) is 0 Å². The molecule has 5 N–H and O–H groups in total. The van der Waals surface area contributed by atoms with Crippen LogP contribution in [0.3, 0.4) is 0 Å². The summed E-state index contributed by atoms with van der Waals surface area (Å²) in [5.41, 5.74) is 11.7. The lowest BCUT2D eigenvalue weighted by Gasteiger charge is -2.44. The van der Waals surface area contributed by atoms with E-state index in [9.17, 15) is 0 Å². The first kappa shape index (κ1) is 10.9. The summed E-state index contributed by atoms with van der Waals surface area (Å²) in [6, 6.07) is 0. The van der Waals surface area contributed by atoms with Gasteiger partial charge in [0.2, 0.25) is 0 Å². The van der Waals surface area contributed by atoms with Crippen LogP contribution in [0.5, 0.6) is 0 Å². The molecule has 0 saturated carbocycles. The zero-order valence-corrected chi connectivity index (χ0v) is 8.58. The molecule has 0 spiro atoms. The summed E-state index contributed by atoms with van der Waals surface area (Å²) >= 11 is 0. The van der Waals surface area contributed by atoms with Gasteiger partial charge < -0.3 is 16.8 Å². The quantitative estimate of drug-likeness (QED) is 0.480. The summed E-state index contributed by atoms with van der Waals surface area (Å²) in [6.07, 6.45) is 0. The largest absolute Gasteiger partial charge is 0.314 e. The summed E-state index contributed by atoms with van der Waals surface area (Å²) in [5, 5.41) is 7.54. The van der Waals surface area contributed by atoms with Gasteiger partial charge in [-0.1, -0.05) is 6.92 Å². The molecule has 1 fully saturated rings. The van der Waals surface area contributed by atoms with E-state index in [0.717, 1.165) is 32.7 Å². The molecule has 0 aromatic carbocycles. The maximum absolute atomic E-state index is 5.86. The van der Waals surface area contributed by atoms with Gasteiger partial charge in [-0.25, -0.2) is 10.0 Å². The maximum atomic E-state index is 5.86. The van der Waals surface area contributed by atoms with E-state index in [4.69, 9.17) is 11.5 Å². The lowest BCUT2D eigenvalue weighted by atomic mass is 10.3. The van der Waals surface area contributed by atoms with Crippen molar-refractivity contribution in [1.82, 2.24) is 15.3 Å². The molecule has 0 bridgehead atoms. The smallest absolute Gasteiger partial charge is 0.130 e. The van der Waals surface area contributed by atoms with Gasteiger partial charge in [-0.2, -0.15) is 0 Å². The standard InChI is InChI=1S/C8H21N5/c1-3-13(8(2,9)10)12-6-4-11-5-7-12/h11H,3-7,9-10H2,1-2H3. The van der Waals surface area contributed by atoms with Crippen molar-refractivity contribution in [3.8, 4) is 0 Å². The molecular formula is C8H21N5. The number of hydrogen-bond acceptors (Lipinski definition) is 5. The Morgan fingerprint density at radius 3 is 2.31 bits per heavy atom. The average molecular weight is 187 g/mol. The number of hydrazine groups is 1. The van der Waals surface area contributed by atoms with Crippen LogP contribution in [0.25, 0.3) is 0 Å². The van der Waals surface area contributed by atoms with Crippen LogP contribution in [-0.2, 0) is 0 Å². The fourth-order valence-corrected chi connectivity index (χ4v) is 1.74. The second-order valence-corrected chi connectivity index (χ2v) is 3.65.